The number of nitrogens with one attached hydrogen (secondary N) is 1. The maximum absolute atomic E-state index is 14.8. The first-order valence-electron chi connectivity index (χ1n) is 9.12. The highest BCUT2D eigenvalue weighted by Crippen LogP contribution is 2.37. The lowest BCUT2D eigenvalue weighted by molar-refractivity contribution is 0.0695. The van der Waals surface area contributed by atoms with Crippen LogP contribution in [0.1, 0.15) is 48.8 Å². The second-order valence-corrected chi connectivity index (χ2v) is 7.33. The molecule has 9 heteroatoms. The molecule has 0 atom stereocenters. The Balaban J connectivity index is 1.84. The van der Waals surface area contributed by atoms with Crippen molar-refractivity contribution in [3.05, 3.63) is 51.8 Å². The highest BCUT2D eigenvalue weighted by atomic mass is 19.1. The summed E-state index contributed by atoms with van der Waals surface area (Å²) in [5.41, 5.74) is 0.271. The van der Waals surface area contributed by atoms with Crippen molar-refractivity contribution in [2.24, 2.45) is 0 Å². The third-order valence-corrected chi connectivity index (χ3v) is 4.75. The fraction of sp³-hybridized carbons (Fsp3) is 0.368. The van der Waals surface area contributed by atoms with Gasteiger partial charge in [0.15, 0.2) is 0 Å². The molecular formula is C19H20FN5O3. The molecule has 4 rings (SSSR count). The van der Waals surface area contributed by atoms with Crippen molar-refractivity contribution in [1.82, 2.24) is 24.9 Å². The molecule has 1 aliphatic rings. The van der Waals surface area contributed by atoms with Gasteiger partial charge in [0.05, 0.1) is 17.4 Å². The lowest BCUT2D eigenvalue weighted by Crippen LogP contribution is -2.21. The molecule has 3 aromatic rings. The minimum Gasteiger partial charge on any atom is -0.477 e. The van der Waals surface area contributed by atoms with Crippen molar-refractivity contribution in [1.29, 1.82) is 0 Å². The van der Waals surface area contributed by atoms with Crippen LogP contribution in [0.25, 0.3) is 16.6 Å². The van der Waals surface area contributed by atoms with E-state index in [2.05, 4.69) is 15.6 Å². The first-order valence-corrected chi connectivity index (χ1v) is 9.12. The second kappa shape index (κ2) is 6.83. The van der Waals surface area contributed by atoms with Gasteiger partial charge in [-0.05, 0) is 25.0 Å². The van der Waals surface area contributed by atoms with Gasteiger partial charge in [0.2, 0.25) is 5.43 Å². The predicted molar refractivity (Wildman–Crippen MR) is 100 cm³/mol. The average Bonchev–Trinajstić information content (AvgIpc) is 3.37. The molecule has 2 heterocycles. The molecule has 1 aromatic carbocycles. The molecule has 1 fully saturated rings. The predicted octanol–water partition coefficient (Wildman–Crippen LogP) is 2.25. The van der Waals surface area contributed by atoms with E-state index in [-0.39, 0.29) is 28.7 Å². The van der Waals surface area contributed by atoms with Crippen molar-refractivity contribution < 1.29 is 14.3 Å². The monoisotopic (exact) mass is 385 g/mol. The molecule has 146 valence electrons. The van der Waals surface area contributed by atoms with E-state index in [1.165, 1.54) is 16.9 Å². The van der Waals surface area contributed by atoms with Gasteiger partial charge < -0.3 is 15.0 Å². The minimum atomic E-state index is -1.32. The Morgan fingerprint density at radius 1 is 1.36 bits per heavy atom. The second-order valence-electron chi connectivity index (χ2n) is 7.33. The average molecular weight is 385 g/mol. The number of carboxylic acids is 1. The van der Waals surface area contributed by atoms with Crippen molar-refractivity contribution in [3.63, 3.8) is 0 Å². The topological polar surface area (TPSA) is 102 Å². The lowest BCUT2D eigenvalue weighted by atomic mass is 10.1. The number of aromatic nitrogens is 4. The van der Waals surface area contributed by atoms with Crippen molar-refractivity contribution in [2.75, 3.05) is 0 Å². The summed E-state index contributed by atoms with van der Waals surface area (Å²) in [6.45, 7) is 4.52. The molecule has 2 aromatic heterocycles. The number of carboxylic acid groups (broad SMARTS) is 1. The maximum atomic E-state index is 14.8. The molecule has 0 unspecified atom stereocenters. The summed E-state index contributed by atoms with van der Waals surface area (Å²) in [5.74, 6) is -1.98. The molecular weight excluding hydrogens is 365 g/mol. The molecule has 1 saturated carbocycles. The Morgan fingerprint density at radius 2 is 2.11 bits per heavy atom. The zero-order chi connectivity index (χ0) is 20.0. The molecule has 0 bridgehead atoms. The summed E-state index contributed by atoms with van der Waals surface area (Å²) in [5, 5.41) is 20.6. The Morgan fingerprint density at radius 3 is 2.75 bits per heavy atom. The summed E-state index contributed by atoms with van der Waals surface area (Å²) >= 11 is 0. The van der Waals surface area contributed by atoms with Crippen LogP contribution < -0.4 is 10.7 Å². The molecule has 28 heavy (non-hydrogen) atoms. The number of carbonyl (C=O) groups is 1. The Bertz CT molecular complexity index is 1130. The molecule has 0 amide bonds. The van der Waals surface area contributed by atoms with E-state index in [1.807, 2.05) is 13.8 Å². The lowest BCUT2D eigenvalue weighted by Gasteiger charge is -2.13. The number of hydrogen-bond donors (Lipinski definition) is 2. The zero-order valence-corrected chi connectivity index (χ0v) is 15.5. The molecule has 8 nitrogen and oxygen atoms in total. The minimum absolute atomic E-state index is 0.0508. The Labute approximate surface area is 159 Å². The van der Waals surface area contributed by atoms with E-state index in [9.17, 15) is 19.1 Å². The van der Waals surface area contributed by atoms with E-state index >= 15 is 0 Å². The number of halogens is 1. The first kappa shape index (κ1) is 18.3. The van der Waals surface area contributed by atoms with Gasteiger partial charge in [0, 0.05) is 30.2 Å². The third-order valence-electron chi connectivity index (χ3n) is 4.75. The van der Waals surface area contributed by atoms with Gasteiger partial charge in [-0.3, -0.25) is 4.79 Å². The van der Waals surface area contributed by atoms with Gasteiger partial charge >= 0.3 is 5.97 Å². The van der Waals surface area contributed by atoms with Crippen LogP contribution in [0.2, 0.25) is 0 Å². The fourth-order valence-corrected chi connectivity index (χ4v) is 3.15. The van der Waals surface area contributed by atoms with E-state index in [4.69, 9.17) is 0 Å². The molecule has 0 spiro atoms. The number of hydrogen-bond acceptors (Lipinski definition) is 5. The van der Waals surface area contributed by atoms with Crippen LogP contribution in [0.3, 0.4) is 0 Å². The highest BCUT2D eigenvalue weighted by molar-refractivity contribution is 5.93. The molecule has 2 N–H and O–H groups in total. The van der Waals surface area contributed by atoms with E-state index < -0.39 is 17.2 Å². The van der Waals surface area contributed by atoms with Crippen LogP contribution in [0.4, 0.5) is 4.39 Å². The van der Waals surface area contributed by atoms with Gasteiger partial charge in [0.1, 0.15) is 17.1 Å². The number of rotatable bonds is 6. The molecule has 0 saturated heterocycles. The summed E-state index contributed by atoms with van der Waals surface area (Å²) in [4.78, 5) is 23.9. The van der Waals surface area contributed by atoms with Gasteiger partial charge in [-0.2, -0.15) is 0 Å². The molecule has 1 aliphatic carbocycles. The van der Waals surface area contributed by atoms with Crippen molar-refractivity contribution >= 4 is 16.9 Å². The summed E-state index contributed by atoms with van der Waals surface area (Å²) in [6.07, 6.45) is 4.76. The maximum Gasteiger partial charge on any atom is 0.341 e. The van der Waals surface area contributed by atoms with Crippen molar-refractivity contribution in [3.8, 4) is 5.69 Å². The van der Waals surface area contributed by atoms with Crippen LogP contribution in [0.15, 0.2) is 29.3 Å². The molecule has 0 aliphatic heterocycles. The van der Waals surface area contributed by atoms with Gasteiger partial charge in [-0.1, -0.05) is 19.1 Å². The summed E-state index contributed by atoms with van der Waals surface area (Å²) in [6, 6.07) is 3.01. The van der Waals surface area contributed by atoms with E-state index in [1.54, 1.807) is 10.8 Å². The molecule has 0 radical (unpaired) electrons. The van der Waals surface area contributed by atoms with Crippen LogP contribution in [0, 0.1) is 5.82 Å². The standard InChI is InChI=1S/C19H20FN5O3/c1-10(2)21-7-11-8-25(23-22-11)17-6-16-13(5-15(17)20)18(26)14(19(27)28)9-24(16)12-3-4-12/h5-6,8-10,12,21H,3-4,7H2,1-2H3,(H,27,28). The quantitative estimate of drug-likeness (QED) is 0.675. The van der Waals surface area contributed by atoms with Crippen molar-refractivity contribution in [2.45, 2.75) is 45.3 Å². The van der Waals surface area contributed by atoms with Crippen LogP contribution in [-0.2, 0) is 6.54 Å². The Kier molecular flexibility index (Phi) is 4.46. The third kappa shape index (κ3) is 3.29. The largest absolute Gasteiger partial charge is 0.477 e. The van der Waals surface area contributed by atoms with Crippen LogP contribution in [-0.4, -0.2) is 36.7 Å². The Hall–Kier alpha value is -3.07. The number of pyridine rings is 1. The number of nitrogens with zero attached hydrogens (tertiary/aromatic N) is 4. The van der Waals surface area contributed by atoms with Gasteiger partial charge in [0.25, 0.3) is 0 Å². The SMILES string of the molecule is CC(C)NCc1cn(-c2cc3c(cc2F)c(=O)c(C(=O)O)cn3C2CC2)nn1. The number of fused-ring (bicyclic) bond motifs is 1. The van der Waals surface area contributed by atoms with Gasteiger partial charge in [-0.15, -0.1) is 5.10 Å². The van der Waals surface area contributed by atoms with Gasteiger partial charge in [-0.25, -0.2) is 13.9 Å². The van der Waals surface area contributed by atoms with E-state index in [0.29, 0.717) is 17.8 Å². The zero-order valence-electron chi connectivity index (χ0n) is 15.5. The first-order chi connectivity index (χ1) is 13.3. The van der Waals surface area contributed by atoms with Crippen LogP contribution in [0.5, 0.6) is 0 Å². The normalized spacial score (nSPS) is 14.1. The highest BCUT2D eigenvalue weighted by Gasteiger charge is 2.27. The number of benzene rings is 1. The summed E-state index contributed by atoms with van der Waals surface area (Å²) < 4.78 is 17.9. The summed E-state index contributed by atoms with van der Waals surface area (Å²) in [7, 11) is 0. The van der Waals surface area contributed by atoms with E-state index in [0.717, 1.165) is 18.9 Å². The van der Waals surface area contributed by atoms with Crippen LogP contribution >= 0.6 is 0 Å². The fourth-order valence-electron chi connectivity index (χ4n) is 3.15. The number of aromatic carboxylic acids is 1. The smallest absolute Gasteiger partial charge is 0.341 e.